The Kier molecular flexibility index (Phi) is 8.31. The first-order valence-corrected chi connectivity index (χ1v) is 9.76. The molecule has 1 aliphatic heterocycles. The zero-order valence-electron chi connectivity index (χ0n) is 15.3. The van der Waals surface area contributed by atoms with Gasteiger partial charge in [-0.3, -0.25) is 14.9 Å². The van der Waals surface area contributed by atoms with Crippen LogP contribution in [0.5, 0.6) is 0 Å². The van der Waals surface area contributed by atoms with Crippen molar-refractivity contribution in [2.45, 2.75) is 82.8 Å². The number of urea groups is 1. The van der Waals surface area contributed by atoms with Crippen LogP contribution in [0.25, 0.3) is 0 Å². The van der Waals surface area contributed by atoms with Gasteiger partial charge in [-0.25, -0.2) is 15.2 Å². The molecule has 0 aromatic carbocycles. The van der Waals surface area contributed by atoms with Crippen molar-refractivity contribution in [3.05, 3.63) is 0 Å². The predicted octanol–water partition coefficient (Wildman–Crippen LogP) is 1.78. The quantitative estimate of drug-likeness (QED) is 0.326. The number of carboxylic acids is 1. The van der Waals surface area contributed by atoms with Crippen molar-refractivity contribution >= 4 is 17.9 Å². The SMILES string of the molecule is O=C(O)CCCCCCC1C(=O)NC(=O)N1NCC(O)C1CCCCC1. The molecule has 148 valence electrons. The molecule has 1 saturated carbocycles. The van der Waals surface area contributed by atoms with Crippen LogP contribution >= 0.6 is 0 Å². The average molecular weight is 369 g/mol. The molecule has 0 spiro atoms. The summed E-state index contributed by atoms with van der Waals surface area (Å²) in [6, 6.07) is -1.04. The second kappa shape index (κ2) is 10.5. The maximum absolute atomic E-state index is 12.0. The van der Waals surface area contributed by atoms with E-state index in [1.165, 1.54) is 11.4 Å². The van der Waals surface area contributed by atoms with Crippen LogP contribution < -0.4 is 10.7 Å². The molecule has 1 aliphatic carbocycles. The summed E-state index contributed by atoms with van der Waals surface area (Å²) >= 11 is 0. The first kappa shape index (κ1) is 20.6. The Balaban J connectivity index is 1.73. The van der Waals surface area contributed by atoms with Crippen LogP contribution in [0.4, 0.5) is 4.79 Å². The van der Waals surface area contributed by atoms with Gasteiger partial charge in [-0.15, -0.1) is 0 Å². The zero-order valence-corrected chi connectivity index (χ0v) is 15.3. The minimum absolute atomic E-state index is 0.162. The molecule has 4 N–H and O–H groups in total. The van der Waals surface area contributed by atoms with E-state index in [2.05, 4.69) is 10.7 Å². The van der Waals surface area contributed by atoms with Crippen molar-refractivity contribution in [1.82, 2.24) is 15.8 Å². The molecule has 0 aromatic heterocycles. The third-order valence-corrected chi connectivity index (χ3v) is 5.35. The number of hydrogen-bond donors (Lipinski definition) is 4. The van der Waals surface area contributed by atoms with Crippen molar-refractivity contribution in [2.24, 2.45) is 5.92 Å². The fourth-order valence-corrected chi connectivity index (χ4v) is 3.79. The van der Waals surface area contributed by atoms with Gasteiger partial charge in [0.25, 0.3) is 5.91 Å². The number of carbonyl (C=O) groups excluding carboxylic acids is 2. The molecule has 0 aromatic rings. The van der Waals surface area contributed by atoms with Crippen LogP contribution in [-0.4, -0.2) is 51.8 Å². The summed E-state index contributed by atoms with van der Waals surface area (Å²) in [5.74, 6) is -0.858. The monoisotopic (exact) mass is 369 g/mol. The van der Waals surface area contributed by atoms with Crippen LogP contribution in [0.15, 0.2) is 0 Å². The number of carbonyl (C=O) groups is 3. The maximum atomic E-state index is 12.0. The summed E-state index contributed by atoms with van der Waals surface area (Å²) in [5, 5.41) is 22.6. The molecule has 2 fully saturated rings. The lowest BCUT2D eigenvalue weighted by atomic mass is 9.85. The summed E-state index contributed by atoms with van der Waals surface area (Å²) in [6.45, 7) is 0.264. The van der Waals surface area contributed by atoms with E-state index in [0.717, 1.165) is 44.9 Å². The molecule has 0 bridgehead atoms. The fraction of sp³-hybridized carbons (Fsp3) is 0.833. The van der Waals surface area contributed by atoms with Crippen molar-refractivity contribution in [2.75, 3.05) is 6.54 Å². The topological polar surface area (TPSA) is 119 Å². The number of hydrazine groups is 1. The van der Waals surface area contributed by atoms with E-state index in [1.807, 2.05) is 0 Å². The first-order valence-electron chi connectivity index (χ1n) is 9.76. The standard InChI is InChI=1S/C18H31N3O5/c22-15(13-8-4-3-5-9-13)12-19-21-14(17(25)20-18(21)26)10-6-1-2-7-11-16(23)24/h13-15,19,22H,1-12H2,(H,23,24)(H,20,25,26). The van der Waals surface area contributed by atoms with E-state index < -0.39 is 24.1 Å². The number of nitrogens with one attached hydrogen (secondary N) is 2. The van der Waals surface area contributed by atoms with Crippen LogP contribution in [0.3, 0.4) is 0 Å². The smallest absolute Gasteiger partial charge is 0.339 e. The molecule has 1 heterocycles. The highest BCUT2D eigenvalue weighted by atomic mass is 16.4. The number of rotatable bonds is 11. The van der Waals surface area contributed by atoms with Crippen molar-refractivity contribution in [3.8, 4) is 0 Å². The van der Waals surface area contributed by atoms with Gasteiger partial charge in [-0.05, 0) is 31.6 Å². The molecule has 2 rings (SSSR count). The Labute approximate surface area is 154 Å². The third kappa shape index (κ3) is 6.25. The van der Waals surface area contributed by atoms with Crippen LogP contribution in [0.2, 0.25) is 0 Å². The van der Waals surface area contributed by atoms with E-state index in [1.54, 1.807) is 0 Å². The molecule has 2 unspecified atom stereocenters. The Morgan fingerprint density at radius 1 is 1.15 bits per heavy atom. The molecular formula is C18H31N3O5. The molecule has 2 aliphatic rings. The molecule has 3 amide bonds. The number of aliphatic hydroxyl groups is 1. The Hall–Kier alpha value is -1.67. The summed E-state index contributed by atoms with van der Waals surface area (Å²) in [4.78, 5) is 34.5. The lowest BCUT2D eigenvalue weighted by Gasteiger charge is -2.29. The number of hydrogen-bond acceptors (Lipinski definition) is 5. The summed E-state index contributed by atoms with van der Waals surface area (Å²) < 4.78 is 0. The van der Waals surface area contributed by atoms with E-state index in [0.29, 0.717) is 12.8 Å². The first-order chi connectivity index (χ1) is 12.5. The van der Waals surface area contributed by atoms with Gasteiger partial charge in [0, 0.05) is 13.0 Å². The molecule has 8 heteroatoms. The van der Waals surface area contributed by atoms with E-state index in [4.69, 9.17) is 5.11 Å². The minimum Gasteiger partial charge on any atom is -0.481 e. The number of aliphatic carboxylic acids is 1. The summed E-state index contributed by atoms with van der Waals surface area (Å²) in [7, 11) is 0. The van der Waals surface area contributed by atoms with Crippen LogP contribution in [0.1, 0.15) is 70.6 Å². The number of carboxylic acid groups (broad SMARTS) is 1. The van der Waals surface area contributed by atoms with Gasteiger partial charge in [0.2, 0.25) is 0 Å². The Morgan fingerprint density at radius 2 is 1.85 bits per heavy atom. The Bertz CT molecular complexity index is 493. The maximum Gasteiger partial charge on any atom is 0.339 e. The number of aliphatic hydroxyl groups excluding tert-OH is 1. The number of imide groups is 1. The normalized spacial score (nSPS) is 22.5. The zero-order chi connectivity index (χ0) is 18.9. The minimum atomic E-state index is -0.794. The summed E-state index contributed by atoms with van der Waals surface area (Å²) in [5.41, 5.74) is 2.95. The second-order valence-corrected chi connectivity index (χ2v) is 7.35. The van der Waals surface area contributed by atoms with Gasteiger partial charge in [-0.1, -0.05) is 38.5 Å². The van der Waals surface area contributed by atoms with Gasteiger partial charge in [0.05, 0.1) is 6.10 Å². The molecule has 0 radical (unpaired) electrons. The molecular weight excluding hydrogens is 338 g/mol. The number of unbranched alkanes of at least 4 members (excludes halogenated alkanes) is 3. The van der Waals surface area contributed by atoms with Gasteiger partial charge in [0.15, 0.2) is 0 Å². The molecule has 1 saturated heterocycles. The van der Waals surface area contributed by atoms with Crippen LogP contribution in [-0.2, 0) is 9.59 Å². The lowest BCUT2D eigenvalue weighted by molar-refractivity contribution is -0.137. The fourth-order valence-electron chi connectivity index (χ4n) is 3.79. The average Bonchev–Trinajstić information content (AvgIpc) is 2.89. The molecule has 26 heavy (non-hydrogen) atoms. The van der Waals surface area contributed by atoms with Gasteiger partial charge in [-0.2, -0.15) is 0 Å². The van der Waals surface area contributed by atoms with Gasteiger partial charge < -0.3 is 10.2 Å². The van der Waals surface area contributed by atoms with E-state index in [9.17, 15) is 19.5 Å². The largest absolute Gasteiger partial charge is 0.481 e. The Morgan fingerprint density at radius 3 is 2.54 bits per heavy atom. The summed E-state index contributed by atoms with van der Waals surface area (Å²) in [6.07, 6.45) is 8.66. The van der Waals surface area contributed by atoms with Crippen molar-refractivity contribution in [3.63, 3.8) is 0 Å². The van der Waals surface area contributed by atoms with E-state index >= 15 is 0 Å². The number of nitrogens with zero attached hydrogens (tertiary/aromatic N) is 1. The molecule has 8 nitrogen and oxygen atoms in total. The molecule has 2 atom stereocenters. The highest BCUT2D eigenvalue weighted by molar-refractivity contribution is 6.03. The third-order valence-electron chi connectivity index (χ3n) is 5.35. The van der Waals surface area contributed by atoms with Gasteiger partial charge >= 0.3 is 12.0 Å². The van der Waals surface area contributed by atoms with Crippen molar-refractivity contribution < 1.29 is 24.6 Å². The van der Waals surface area contributed by atoms with Crippen molar-refractivity contribution in [1.29, 1.82) is 0 Å². The highest BCUT2D eigenvalue weighted by Crippen LogP contribution is 2.26. The van der Waals surface area contributed by atoms with Gasteiger partial charge in [0.1, 0.15) is 6.04 Å². The van der Waals surface area contributed by atoms with E-state index in [-0.39, 0.29) is 24.8 Å². The highest BCUT2D eigenvalue weighted by Gasteiger charge is 2.38. The lowest BCUT2D eigenvalue weighted by Crippen LogP contribution is -2.49. The second-order valence-electron chi connectivity index (χ2n) is 7.35. The predicted molar refractivity (Wildman–Crippen MR) is 95.1 cm³/mol. The number of amides is 3. The van der Waals surface area contributed by atoms with Crippen LogP contribution in [0, 0.1) is 5.92 Å².